The van der Waals surface area contributed by atoms with Gasteiger partial charge in [-0.15, -0.1) is 0 Å². The Kier molecular flexibility index (Phi) is 7.72. The predicted octanol–water partition coefficient (Wildman–Crippen LogP) is 6.02. The van der Waals surface area contributed by atoms with Gasteiger partial charge in [-0.05, 0) is 89.7 Å². The fourth-order valence-electron chi connectivity index (χ4n) is 6.31. The van der Waals surface area contributed by atoms with Crippen molar-refractivity contribution in [1.82, 2.24) is 20.1 Å². The highest BCUT2D eigenvalue weighted by molar-refractivity contribution is 5.97. The lowest BCUT2D eigenvalue weighted by Crippen LogP contribution is -2.46. The van der Waals surface area contributed by atoms with Crippen molar-refractivity contribution >= 4 is 22.9 Å². The molecule has 2 heterocycles. The summed E-state index contributed by atoms with van der Waals surface area (Å²) < 4.78 is 5.63. The SMILES string of the molecule is CN(CCCCNC(=O)c1cc2ccccc2[nH]1)C1CC2(CCN(C(=O)OC(C)(C)C)CC2)c2ccccc21. The van der Waals surface area contributed by atoms with Gasteiger partial charge in [0.2, 0.25) is 0 Å². The molecule has 2 aromatic carbocycles. The van der Waals surface area contributed by atoms with Gasteiger partial charge in [-0.3, -0.25) is 9.69 Å². The van der Waals surface area contributed by atoms with Crippen LogP contribution in [-0.2, 0) is 10.2 Å². The summed E-state index contributed by atoms with van der Waals surface area (Å²) in [6.45, 7) is 8.85. The first kappa shape index (κ1) is 27.3. The molecule has 1 aliphatic carbocycles. The Morgan fingerprint density at radius 1 is 1.08 bits per heavy atom. The van der Waals surface area contributed by atoms with E-state index in [9.17, 15) is 9.59 Å². The lowest BCUT2D eigenvalue weighted by Gasteiger charge is -2.41. The van der Waals surface area contributed by atoms with E-state index in [2.05, 4.69) is 46.5 Å². The summed E-state index contributed by atoms with van der Waals surface area (Å²) in [6, 6.07) is 19.1. The number of fused-ring (bicyclic) bond motifs is 3. The number of aromatic nitrogens is 1. The highest BCUT2D eigenvalue weighted by Gasteiger charge is 2.47. The first-order chi connectivity index (χ1) is 18.7. The van der Waals surface area contributed by atoms with Gasteiger partial charge in [-0.25, -0.2) is 4.79 Å². The molecule has 1 unspecified atom stereocenters. The molecule has 2 amide bonds. The van der Waals surface area contributed by atoms with E-state index in [4.69, 9.17) is 4.74 Å². The van der Waals surface area contributed by atoms with E-state index in [1.165, 1.54) is 11.1 Å². The Balaban J connectivity index is 1.12. The van der Waals surface area contributed by atoms with Crippen molar-refractivity contribution in [1.29, 1.82) is 0 Å². The molecular formula is C32H42N4O3. The number of nitrogens with one attached hydrogen (secondary N) is 2. The van der Waals surface area contributed by atoms with Crippen LogP contribution >= 0.6 is 0 Å². The number of hydrogen-bond acceptors (Lipinski definition) is 4. The third-order valence-electron chi connectivity index (χ3n) is 8.38. The number of ether oxygens (including phenoxy) is 1. The van der Waals surface area contributed by atoms with E-state index in [0.29, 0.717) is 18.3 Å². The zero-order valence-electron chi connectivity index (χ0n) is 23.8. The van der Waals surface area contributed by atoms with Crippen molar-refractivity contribution in [3.05, 3.63) is 71.4 Å². The van der Waals surface area contributed by atoms with Crippen LogP contribution in [0, 0.1) is 0 Å². The third kappa shape index (κ3) is 5.98. The quantitative estimate of drug-likeness (QED) is 0.366. The first-order valence-electron chi connectivity index (χ1n) is 14.3. The normalized spacial score (nSPS) is 18.5. The van der Waals surface area contributed by atoms with Gasteiger partial charge in [-0.2, -0.15) is 0 Å². The van der Waals surface area contributed by atoms with Crippen LogP contribution in [0.25, 0.3) is 10.9 Å². The van der Waals surface area contributed by atoms with Gasteiger partial charge in [0, 0.05) is 42.0 Å². The van der Waals surface area contributed by atoms with Crippen molar-refractivity contribution in [2.75, 3.05) is 33.2 Å². The lowest BCUT2D eigenvalue weighted by molar-refractivity contribution is 0.0154. The van der Waals surface area contributed by atoms with Crippen molar-refractivity contribution in [3.63, 3.8) is 0 Å². The largest absolute Gasteiger partial charge is 0.444 e. The number of carbonyl (C=O) groups excluding carboxylic acids is 2. The molecule has 3 aromatic rings. The summed E-state index contributed by atoms with van der Waals surface area (Å²) in [7, 11) is 2.22. The zero-order valence-corrected chi connectivity index (χ0v) is 23.8. The molecule has 1 spiro atoms. The topological polar surface area (TPSA) is 77.7 Å². The standard InChI is InChI=1S/C32H42N4O3/c1-31(2,3)39-30(38)36-19-15-32(16-20-36)22-28(24-12-6-7-13-25(24)32)35(4)18-10-9-17-33-29(37)27-21-23-11-5-8-14-26(23)34-27/h5-8,11-14,21,28,34H,9-10,15-20,22H2,1-4H3,(H,33,37). The maximum atomic E-state index is 12.6. The molecule has 1 fully saturated rings. The number of rotatable bonds is 7. The van der Waals surface area contributed by atoms with Crippen LogP contribution in [0.5, 0.6) is 0 Å². The molecule has 5 rings (SSSR count). The van der Waals surface area contributed by atoms with E-state index < -0.39 is 5.60 Å². The van der Waals surface area contributed by atoms with Crippen LogP contribution in [0.2, 0.25) is 0 Å². The zero-order chi connectivity index (χ0) is 27.6. The summed E-state index contributed by atoms with van der Waals surface area (Å²) in [5.41, 5.74) is 4.11. The number of piperidine rings is 1. The van der Waals surface area contributed by atoms with Crippen LogP contribution < -0.4 is 5.32 Å². The minimum atomic E-state index is -0.473. The van der Waals surface area contributed by atoms with Gasteiger partial charge < -0.3 is 19.9 Å². The van der Waals surface area contributed by atoms with E-state index in [-0.39, 0.29) is 17.4 Å². The van der Waals surface area contributed by atoms with Gasteiger partial charge >= 0.3 is 6.09 Å². The van der Waals surface area contributed by atoms with E-state index in [1.807, 2.05) is 56.0 Å². The Morgan fingerprint density at radius 3 is 2.54 bits per heavy atom. The second-order valence-electron chi connectivity index (χ2n) is 12.3. The Hall–Kier alpha value is -3.32. The summed E-state index contributed by atoms with van der Waals surface area (Å²) in [5, 5.41) is 4.11. The molecule has 7 nitrogen and oxygen atoms in total. The van der Waals surface area contributed by atoms with Crippen LogP contribution in [-0.4, -0.2) is 65.6 Å². The van der Waals surface area contributed by atoms with Crippen molar-refractivity contribution in [2.45, 2.75) is 69.9 Å². The number of likely N-dealkylation sites (tertiary alicyclic amines) is 1. The second kappa shape index (κ2) is 11.0. The number of nitrogens with zero attached hydrogens (tertiary/aromatic N) is 2. The van der Waals surface area contributed by atoms with Gasteiger partial charge in [0.05, 0.1) is 0 Å². The van der Waals surface area contributed by atoms with Crippen LogP contribution in [0.15, 0.2) is 54.6 Å². The van der Waals surface area contributed by atoms with Crippen molar-refractivity contribution in [2.24, 2.45) is 0 Å². The maximum Gasteiger partial charge on any atom is 0.410 e. The molecule has 39 heavy (non-hydrogen) atoms. The number of carbonyl (C=O) groups is 2. The third-order valence-corrected chi connectivity index (χ3v) is 8.38. The fourth-order valence-corrected chi connectivity index (χ4v) is 6.31. The van der Waals surface area contributed by atoms with E-state index in [0.717, 1.165) is 62.6 Å². The summed E-state index contributed by atoms with van der Waals surface area (Å²) in [6.07, 6.45) is 4.76. The Bertz CT molecular complexity index is 1280. The summed E-state index contributed by atoms with van der Waals surface area (Å²) in [4.78, 5) is 32.8. The van der Waals surface area contributed by atoms with Crippen LogP contribution in [0.1, 0.15) is 80.5 Å². The average molecular weight is 531 g/mol. The van der Waals surface area contributed by atoms with Crippen molar-refractivity contribution in [3.8, 4) is 0 Å². The molecule has 0 radical (unpaired) electrons. The lowest BCUT2D eigenvalue weighted by atomic mass is 9.73. The Labute approximate surface area is 231 Å². The molecule has 1 atom stereocenters. The molecule has 208 valence electrons. The van der Waals surface area contributed by atoms with Crippen LogP contribution in [0.3, 0.4) is 0 Å². The second-order valence-corrected chi connectivity index (χ2v) is 12.3. The molecule has 7 heteroatoms. The number of para-hydroxylation sites is 1. The van der Waals surface area contributed by atoms with Gasteiger partial charge in [0.15, 0.2) is 0 Å². The molecular weight excluding hydrogens is 488 g/mol. The monoisotopic (exact) mass is 530 g/mol. The number of amides is 2. The first-order valence-corrected chi connectivity index (χ1v) is 14.3. The van der Waals surface area contributed by atoms with E-state index >= 15 is 0 Å². The van der Waals surface area contributed by atoms with Gasteiger partial charge in [0.25, 0.3) is 5.91 Å². The summed E-state index contributed by atoms with van der Waals surface area (Å²) in [5.74, 6) is -0.0519. The number of hydrogen-bond donors (Lipinski definition) is 2. The Morgan fingerprint density at radius 2 is 1.79 bits per heavy atom. The smallest absolute Gasteiger partial charge is 0.410 e. The maximum absolute atomic E-state index is 12.6. The predicted molar refractivity (Wildman–Crippen MR) is 155 cm³/mol. The fraction of sp³-hybridized carbons (Fsp3) is 0.500. The highest BCUT2D eigenvalue weighted by atomic mass is 16.6. The highest BCUT2D eigenvalue weighted by Crippen LogP contribution is 2.52. The molecule has 1 aromatic heterocycles. The van der Waals surface area contributed by atoms with Crippen molar-refractivity contribution < 1.29 is 14.3 Å². The number of unbranched alkanes of at least 4 members (excludes halogenated alkanes) is 1. The van der Waals surface area contributed by atoms with E-state index in [1.54, 1.807) is 0 Å². The van der Waals surface area contributed by atoms with Crippen LogP contribution in [0.4, 0.5) is 4.79 Å². The number of benzene rings is 2. The minimum Gasteiger partial charge on any atom is -0.444 e. The molecule has 1 aliphatic heterocycles. The summed E-state index contributed by atoms with van der Waals surface area (Å²) >= 11 is 0. The number of aromatic amines is 1. The molecule has 2 N–H and O–H groups in total. The minimum absolute atomic E-state index is 0.0519. The molecule has 0 bridgehead atoms. The van der Waals surface area contributed by atoms with Gasteiger partial charge in [-0.1, -0.05) is 42.5 Å². The molecule has 1 saturated heterocycles. The molecule has 2 aliphatic rings. The average Bonchev–Trinajstić information content (AvgIpc) is 3.48. The van der Waals surface area contributed by atoms with Gasteiger partial charge in [0.1, 0.15) is 11.3 Å². The molecule has 0 saturated carbocycles. The number of H-pyrrole nitrogens is 1.